The molecule has 3 rings (SSSR count). The van der Waals surface area contributed by atoms with Crippen molar-refractivity contribution in [3.8, 4) is 17.0 Å². The first-order valence-corrected chi connectivity index (χ1v) is 8.35. The Morgan fingerprint density at radius 2 is 1.81 bits per heavy atom. The highest BCUT2D eigenvalue weighted by molar-refractivity contribution is 5.89. The van der Waals surface area contributed by atoms with Gasteiger partial charge in [-0.25, -0.2) is 18.2 Å². The van der Waals surface area contributed by atoms with Crippen LogP contribution >= 0.6 is 0 Å². The molecule has 1 aromatic heterocycles. The number of benzene rings is 2. The third-order valence-corrected chi connectivity index (χ3v) is 4.01. The molecule has 0 spiro atoms. The lowest BCUT2D eigenvalue weighted by Gasteiger charge is -2.12. The van der Waals surface area contributed by atoms with Gasteiger partial charge in [0.1, 0.15) is 0 Å². The zero-order valence-electron chi connectivity index (χ0n) is 15.0. The zero-order valence-corrected chi connectivity index (χ0v) is 15.0. The van der Waals surface area contributed by atoms with Gasteiger partial charge in [-0.05, 0) is 50.3 Å². The van der Waals surface area contributed by atoms with E-state index in [-0.39, 0.29) is 17.4 Å². The number of fused-ring (bicyclic) bond motifs is 1. The van der Waals surface area contributed by atoms with Gasteiger partial charge in [-0.15, -0.1) is 0 Å². The number of rotatable bonds is 6. The maximum Gasteiger partial charge on any atom is 0.226 e. The van der Waals surface area contributed by atoms with E-state index >= 15 is 0 Å². The number of nitrogens with two attached hydrogens (primary N) is 1. The van der Waals surface area contributed by atoms with Gasteiger partial charge in [0.15, 0.2) is 17.5 Å². The minimum absolute atomic E-state index is 0.0527. The Bertz CT molecular complexity index is 979. The minimum atomic E-state index is -1.51. The molecule has 5 nitrogen and oxygen atoms in total. The first-order chi connectivity index (χ1) is 12.9. The average Bonchev–Trinajstić information content (AvgIpc) is 2.63. The molecule has 8 heteroatoms. The van der Waals surface area contributed by atoms with Crippen LogP contribution in [0.5, 0.6) is 5.88 Å². The molecule has 2 aromatic carbocycles. The third-order valence-electron chi connectivity index (χ3n) is 4.01. The number of halogens is 3. The zero-order chi connectivity index (χ0) is 19.6. The number of ether oxygens (including phenoxy) is 1. The van der Waals surface area contributed by atoms with Gasteiger partial charge >= 0.3 is 0 Å². The van der Waals surface area contributed by atoms with Crippen molar-refractivity contribution in [2.24, 2.45) is 0 Å². The Balaban J connectivity index is 1.99. The molecule has 0 aliphatic heterocycles. The van der Waals surface area contributed by atoms with E-state index in [1.165, 1.54) is 6.07 Å². The molecule has 0 aliphatic carbocycles. The first kappa shape index (κ1) is 18.9. The van der Waals surface area contributed by atoms with Crippen LogP contribution in [0.1, 0.15) is 6.42 Å². The van der Waals surface area contributed by atoms with E-state index in [2.05, 4.69) is 9.97 Å². The topological polar surface area (TPSA) is 64.3 Å². The molecule has 27 heavy (non-hydrogen) atoms. The number of hydrogen-bond acceptors (Lipinski definition) is 5. The highest BCUT2D eigenvalue weighted by atomic mass is 19.2. The van der Waals surface area contributed by atoms with Gasteiger partial charge in [-0.3, -0.25) is 0 Å². The van der Waals surface area contributed by atoms with Gasteiger partial charge in [0.05, 0.1) is 17.5 Å². The van der Waals surface area contributed by atoms with Crippen molar-refractivity contribution in [2.75, 3.05) is 33.0 Å². The van der Waals surface area contributed by atoms with E-state index in [1.54, 1.807) is 18.2 Å². The molecule has 1 heterocycles. The first-order valence-electron chi connectivity index (χ1n) is 8.35. The summed E-state index contributed by atoms with van der Waals surface area (Å²) in [6.07, 6.45) is 0.774. The fourth-order valence-electron chi connectivity index (χ4n) is 2.69. The lowest BCUT2D eigenvalue weighted by atomic mass is 10.0. The van der Waals surface area contributed by atoms with Crippen LogP contribution in [-0.4, -0.2) is 42.1 Å². The van der Waals surface area contributed by atoms with Crippen LogP contribution in [0, 0.1) is 17.5 Å². The smallest absolute Gasteiger partial charge is 0.226 e. The standard InChI is InChI=1S/C19H19F3N4O/c1-26(2)8-3-9-27-18-13-10-11(4-7-15(13)24-19(23)25-18)12-5-6-14(20)17(22)16(12)21/h4-7,10H,3,8-9H2,1-2H3,(H2,23,24,25). The highest BCUT2D eigenvalue weighted by Crippen LogP contribution is 2.31. The average molecular weight is 376 g/mol. The molecule has 142 valence electrons. The fourth-order valence-corrected chi connectivity index (χ4v) is 2.69. The predicted molar refractivity (Wildman–Crippen MR) is 97.9 cm³/mol. The SMILES string of the molecule is CN(C)CCCOc1nc(N)nc2ccc(-c3ccc(F)c(F)c3F)cc12. The van der Waals surface area contributed by atoms with Crippen molar-refractivity contribution in [1.82, 2.24) is 14.9 Å². The molecule has 0 bridgehead atoms. The molecular weight excluding hydrogens is 357 g/mol. The second kappa shape index (κ2) is 7.79. The van der Waals surface area contributed by atoms with Crippen LogP contribution < -0.4 is 10.5 Å². The largest absolute Gasteiger partial charge is 0.477 e. The van der Waals surface area contributed by atoms with Crippen LogP contribution in [0.4, 0.5) is 19.1 Å². The van der Waals surface area contributed by atoms with Crippen molar-refractivity contribution in [3.05, 3.63) is 47.8 Å². The molecule has 0 fully saturated rings. The molecule has 0 unspecified atom stereocenters. The molecule has 2 N–H and O–H groups in total. The van der Waals surface area contributed by atoms with Gasteiger partial charge in [0, 0.05) is 12.1 Å². The number of nitrogens with zero attached hydrogens (tertiary/aromatic N) is 3. The lowest BCUT2D eigenvalue weighted by molar-refractivity contribution is 0.276. The van der Waals surface area contributed by atoms with Crippen LogP contribution in [0.25, 0.3) is 22.0 Å². The maximum absolute atomic E-state index is 14.1. The van der Waals surface area contributed by atoms with Crippen molar-refractivity contribution in [1.29, 1.82) is 0 Å². The normalized spacial score (nSPS) is 11.3. The van der Waals surface area contributed by atoms with Crippen molar-refractivity contribution >= 4 is 16.9 Å². The molecule has 0 radical (unpaired) electrons. The summed E-state index contributed by atoms with van der Waals surface area (Å²) in [6.45, 7) is 1.25. The van der Waals surface area contributed by atoms with E-state index in [1.807, 2.05) is 19.0 Å². The Labute approximate surface area is 154 Å². The van der Waals surface area contributed by atoms with Crippen molar-refractivity contribution in [3.63, 3.8) is 0 Å². The summed E-state index contributed by atoms with van der Waals surface area (Å²) in [4.78, 5) is 10.3. The predicted octanol–water partition coefficient (Wildman–Crippen LogP) is 3.63. The number of anilines is 1. The Kier molecular flexibility index (Phi) is 5.46. The summed E-state index contributed by atoms with van der Waals surface area (Å²) in [5.41, 5.74) is 6.52. The van der Waals surface area contributed by atoms with Gasteiger partial charge in [-0.2, -0.15) is 4.98 Å². The summed E-state index contributed by atoms with van der Waals surface area (Å²) >= 11 is 0. The van der Waals surface area contributed by atoms with E-state index in [0.717, 1.165) is 19.0 Å². The number of nitrogen functional groups attached to an aromatic ring is 1. The van der Waals surface area contributed by atoms with Crippen LogP contribution in [0.15, 0.2) is 30.3 Å². The fraction of sp³-hybridized carbons (Fsp3) is 0.263. The summed E-state index contributed by atoms with van der Waals surface area (Å²) in [5, 5.41) is 0.510. The van der Waals surface area contributed by atoms with E-state index in [0.29, 0.717) is 23.1 Å². The van der Waals surface area contributed by atoms with Crippen LogP contribution in [0.3, 0.4) is 0 Å². The number of hydrogen-bond donors (Lipinski definition) is 1. The van der Waals surface area contributed by atoms with E-state index < -0.39 is 17.5 Å². The molecular formula is C19H19F3N4O. The summed E-state index contributed by atoms with van der Waals surface area (Å²) in [7, 11) is 3.92. The Morgan fingerprint density at radius 1 is 1.04 bits per heavy atom. The summed E-state index contributed by atoms with van der Waals surface area (Å²) in [6, 6.07) is 6.81. The monoisotopic (exact) mass is 376 g/mol. The van der Waals surface area contributed by atoms with Crippen LogP contribution in [-0.2, 0) is 0 Å². The van der Waals surface area contributed by atoms with Crippen molar-refractivity contribution in [2.45, 2.75) is 6.42 Å². The van der Waals surface area contributed by atoms with Gasteiger partial charge < -0.3 is 15.4 Å². The molecule has 0 aliphatic rings. The van der Waals surface area contributed by atoms with Crippen LogP contribution in [0.2, 0.25) is 0 Å². The van der Waals surface area contributed by atoms with Crippen molar-refractivity contribution < 1.29 is 17.9 Å². The second-order valence-electron chi connectivity index (χ2n) is 6.35. The van der Waals surface area contributed by atoms with Gasteiger partial charge in [0.2, 0.25) is 11.8 Å². The maximum atomic E-state index is 14.1. The van der Waals surface area contributed by atoms with E-state index in [4.69, 9.17) is 10.5 Å². The molecule has 3 aromatic rings. The van der Waals surface area contributed by atoms with Gasteiger partial charge in [-0.1, -0.05) is 6.07 Å². The van der Waals surface area contributed by atoms with Gasteiger partial charge in [0.25, 0.3) is 0 Å². The quantitative estimate of drug-likeness (QED) is 0.526. The Morgan fingerprint density at radius 3 is 2.56 bits per heavy atom. The Hall–Kier alpha value is -2.87. The summed E-state index contributed by atoms with van der Waals surface area (Å²) < 4.78 is 46.6. The third kappa shape index (κ3) is 4.11. The summed E-state index contributed by atoms with van der Waals surface area (Å²) in [5.74, 6) is -3.68. The van der Waals surface area contributed by atoms with E-state index in [9.17, 15) is 13.2 Å². The minimum Gasteiger partial charge on any atom is -0.477 e. The second-order valence-corrected chi connectivity index (χ2v) is 6.35. The molecule has 0 amide bonds. The molecule has 0 saturated carbocycles. The highest BCUT2D eigenvalue weighted by Gasteiger charge is 2.16. The lowest BCUT2D eigenvalue weighted by Crippen LogP contribution is -2.16. The molecule has 0 saturated heterocycles. The number of aromatic nitrogens is 2. The molecule has 0 atom stereocenters.